The van der Waals surface area contributed by atoms with Crippen LogP contribution in [0.25, 0.3) is 0 Å². The molecule has 0 saturated carbocycles. The summed E-state index contributed by atoms with van der Waals surface area (Å²) in [6, 6.07) is 5.55. The van der Waals surface area contributed by atoms with Crippen molar-refractivity contribution in [1.82, 2.24) is 0 Å². The third kappa shape index (κ3) is 2.35. The van der Waals surface area contributed by atoms with Gasteiger partial charge in [0.2, 0.25) is 0 Å². The molecule has 1 heterocycles. The molecule has 2 rings (SSSR count). The van der Waals surface area contributed by atoms with Gasteiger partial charge in [-0.2, -0.15) is 0 Å². The molecule has 0 spiro atoms. The van der Waals surface area contributed by atoms with E-state index in [0.29, 0.717) is 12.1 Å². The summed E-state index contributed by atoms with van der Waals surface area (Å²) >= 11 is 0. The van der Waals surface area contributed by atoms with Crippen LogP contribution in [-0.4, -0.2) is 18.2 Å². The van der Waals surface area contributed by atoms with Crippen LogP contribution in [0.5, 0.6) is 0 Å². The fourth-order valence-electron chi connectivity index (χ4n) is 2.17. The highest BCUT2D eigenvalue weighted by Crippen LogP contribution is 2.29. The summed E-state index contributed by atoms with van der Waals surface area (Å²) < 4.78 is 0. The molecule has 0 atom stereocenters. The van der Waals surface area contributed by atoms with E-state index < -0.39 is 0 Å². The zero-order valence-corrected chi connectivity index (χ0v) is 11.0. The molecule has 0 radical (unpaired) electrons. The zero-order valence-electron chi connectivity index (χ0n) is 11.0. The highest BCUT2D eigenvalue weighted by Gasteiger charge is 2.23. The minimum absolute atomic E-state index is 0.0179. The summed E-state index contributed by atoms with van der Waals surface area (Å²) in [6.07, 6.45) is 2.47. The Hall–Kier alpha value is -1.90. The van der Waals surface area contributed by atoms with Gasteiger partial charge in [0.1, 0.15) is 0 Å². The third-order valence-corrected chi connectivity index (χ3v) is 3.06. The van der Waals surface area contributed by atoms with Crippen molar-refractivity contribution in [3.8, 4) is 0 Å². The van der Waals surface area contributed by atoms with Gasteiger partial charge in [-0.1, -0.05) is 5.57 Å². The first kappa shape index (κ1) is 12.6. The second-order valence-corrected chi connectivity index (χ2v) is 4.86. The first-order valence-electron chi connectivity index (χ1n) is 6.09. The molecule has 1 aromatic rings. The quantitative estimate of drug-likeness (QED) is 0.591. The molecule has 18 heavy (non-hydrogen) atoms. The van der Waals surface area contributed by atoms with Crippen molar-refractivity contribution in [3.63, 3.8) is 0 Å². The van der Waals surface area contributed by atoms with E-state index in [1.165, 1.54) is 0 Å². The number of rotatable bonds is 2. The van der Waals surface area contributed by atoms with Crippen LogP contribution in [0.3, 0.4) is 0 Å². The average Bonchev–Trinajstić information content (AvgIpc) is 2.70. The lowest BCUT2D eigenvalue weighted by molar-refractivity contribution is -0.114. The number of fused-ring (bicyclic) bond motifs is 1. The van der Waals surface area contributed by atoms with Crippen LogP contribution in [0.4, 0.5) is 5.69 Å². The molecule has 0 fully saturated rings. The minimum Gasteiger partial charge on any atom is -0.308 e. The molecule has 3 nitrogen and oxygen atoms in total. The minimum atomic E-state index is 0.0179. The van der Waals surface area contributed by atoms with Crippen LogP contribution in [0.2, 0.25) is 0 Å². The van der Waals surface area contributed by atoms with Gasteiger partial charge < -0.3 is 4.90 Å². The number of nitrogens with zero attached hydrogens (tertiary/aromatic N) is 1. The van der Waals surface area contributed by atoms with E-state index in [9.17, 15) is 9.59 Å². The molecule has 1 aliphatic rings. The van der Waals surface area contributed by atoms with Crippen molar-refractivity contribution in [3.05, 3.63) is 41.0 Å². The first-order chi connectivity index (χ1) is 8.49. The summed E-state index contributed by atoms with van der Waals surface area (Å²) in [5, 5.41) is 0. The van der Waals surface area contributed by atoms with Crippen LogP contribution in [-0.2, 0) is 11.2 Å². The summed E-state index contributed by atoms with van der Waals surface area (Å²) in [6.45, 7) is 6.07. The molecule has 1 aromatic carbocycles. The summed E-state index contributed by atoms with van der Waals surface area (Å²) in [5.41, 5.74) is 3.72. The first-order valence-corrected chi connectivity index (χ1v) is 6.09. The number of benzene rings is 1. The Balaban J connectivity index is 2.32. The lowest BCUT2D eigenvalue weighted by Crippen LogP contribution is -2.27. The molecule has 3 heteroatoms. The standard InChI is InChI=1S/C15H17NO2/c1-10(2)8-15(18)16-7-6-13-9-12(11(3)17)4-5-14(13)16/h4-5,8-9H,6-7H2,1-3H3. The Kier molecular flexibility index (Phi) is 3.32. The summed E-state index contributed by atoms with van der Waals surface area (Å²) in [5.74, 6) is 0.0798. The normalized spacial score (nSPS) is 13.2. The predicted molar refractivity (Wildman–Crippen MR) is 71.9 cm³/mol. The monoisotopic (exact) mass is 243 g/mol. The van der Waals surface area contributed by atoms with E-state index in [2.05, 4.69) is 0 Å². The maximum Gasteiger partial charge on any atom is 0.250 e. The second kappa shape index (κ2) is 4.77. The van der Waals surface area contributed by atoms with Gasteiger partial charge >= 0.3 is 0 Å². The van der Waals surface area contributed by atoms with Gasteiger partial charge in [-0.25, -0.2) is 0 Å². The van der Waals surface area contributed by atoms with Crippen molar-refractivity contribution in [2.24, 2.45) is 0 Å². The number of allylic oxidation sites excluding steroid dienone is 1. The van der Waals surface area contributed by atoms with E-state index in [4.69, 9.17) is 0 Å². The van der Waals surface area contributed by atoms with Crippen LogP contribution in [0.1, 0.15) is 36.7 Å². The van der Waals surface area contributed by atoms with Crippen LogP contribution in [0, 0.1) is 0 Å². The van der Waals surface area contributed by atoms with Crippen molar-refractivity contribution in [1.29, 1.82) is 0 Å². The Bertz CT molecular complexity index is 539. The molecule has 0 aromatic heterocycles. The third-order valence-electron chi connectivity index (χ3n) is 3.06. The van der Waals surface area contributed by atoms with E-state index in [1.807, 2.05) is 26.0 Å². The van der Waals surface area contributed by atoms with Crippen LogP contribution in [0.15, 0.2) is 29.8 Å². The van der Waals surface area contributed by atoms with Gasteiger partial charge in [-0.3, -0.25) is 9.59 Å². The maximum atomic E-state index is 12.0. The summed E-state index contributed by atoms with van der Waals surface area (Å²) in [4.78, 5) is 25.1. The zero-order chi connectivity index (χ0) is 13.3. The number of anilines is 1. The maximum absolute atomic E-state index is 12.0. The Labute approximate surface area is 107 Å². The largest absolute Gasteiger partial charge is 0.308 e. The molecule has 0 bridgehead atoms. The average molecular weight is 243 g/mol. The SMILES string of the molecule is CC(=O)c1ccc2c(c1)CCN2C(=O)C=C(C)C. The topological polar surface area (TPSA) is 37.4 Å². The molecule has 1 amide bonds. The Morgan fingerprint density at radius 2 is 1.94 bits per heavy atom. The number of Topliss-reactive ketones (excluding diaryl/α,β-unsaturated/α-hetero) is 1. The fourth-order valence-corrected chi connectivity index (χ4v) is 2.17. The van der Waals surface area contributed by atoms with Crippen molar-refractivity contribution >= 4 is 17.4 Å². The molecule has 0 N–H and O–H groups in total. The smallest absolute Gasteiger partial charge is 0.250 e. The molecule has 0 aliphatic carbocycles. The van der Waals surface area contributed by atoms with Gasteiger partial charge in [-0.15, -0.1) is 0 Å². The fraction of sp³-hybridized carbons (Fsp3) is 0.333. The number of hydrogen-bond donors (Lipinski definition) is 0. The van der Waals surface area contributed by atoms with Crippen LogP contribution >= 0.6 is 0 Å². The van der Waals surface area contributed by atoms with Gasteiger partial charge in [-0.05, 0) is 51.0 Å². The van der Waals surface area contributed by atoms with E-state index in [-0.39, 0.29) is 11.7 Å². The van der Waals surface area contributed by atoms with Crippen molar-refractivity contribution in [2.75, 3.05) is 11.4 Å². The molecule has 0 saturated heterocycles. The lowest BCUT2D eigenvalue weighted by atomic mass is 10.1. The van der Waals surface area contributed by atoms with E-state index in [1.54, 1.807) is 24.0 Å². The molecule has 94 valence electrons. The van der Waals surface area contributed by atoms with Gasteiger partial charge in [0.25, 0.3) is 5.91 Å². The predicted octanol–water partition coefficient (Wildman–Crippen LogP) is 2.74. The molecular formula is C15H17NO2. The van der Waals surface area contributed by atoms with E-state index in [0.717, 1.165) is 23.2 Å². The van der Waals surface area contributed by atoms with Crippen molar-refractivity contribution in [2.45, 2.75) is 27.2 Å². The Morgan fingerprint density at radius 1 is 1.22 bits per heavy atom. The molecule has 1 aliphatic heterocycles. The number of amides is 1. The summed E-state index contributed by atoms with van der Waals surface area (Å²) in [7, 11) is 0. The highest BCUT2D eigenvalue weighted by atomic mass is 16.2. The number of carbonyl (C=O) groups is 2. The van der Waals surface area contributed by atoms with Crippen LogP contribution < -0.4 is 4.90 Å². The van der Waals surface area contributed by atoms with Gasteiger partial charge in [0.05, 0.1) is 0 Å². The van der Waals surface area contributed by atoms with E-state index >= 15 is 0 Å². The number of hydrogen-bond acceptors (Lipinski definition) is 2. The highest BCUT2D eigenvalue weighted by molar-refractivity contribution is 6.04. The van der Waals surface area contributed by atoms with Crippen molar-refractivity contribution < 1.29 is 9.59 Å². The Morgan fingerprint density at radius 3 is 2.56 bits per heavy atom. The lowest BCUT2D eigenvalue weighted by Gasteiger charge is -2.15. The molecular weight excluding hydrogens is 226 g/mol. The van der Waals surface area contributed by atoms with Gasteiger partial charge in [0.15, 0.2) is 5.78 Å². The second-order valence-electron chi connectivity index (χ2n) is 4.86. The molecule has 0 unspecified atom stereocenters. The number of ketones is 1. The van der Waals surface area contributed by atoms with Gasteiger partial charge in [0, 0.05) is 23.9 Å². The number of carbonyl (C=O) groups excluding carboxylic acids is 2.